The normalized spacial score (nSPS) is 12.2. The van der Waals surface area contributed by atoms with Crippen LogP contribution in [0, 0.1) is 0 Å². The number of carbonyl (C=O) groups excluding carboxylic acids is 1. The number of rotatable bonds is 1. The minimum Gasteiger partial charge on any atom is -0.277 e. The molecule has 0 aliphatic heterocycles. The Balaban J connectivity index is 3.87. The molecular formula is C5H7F3OS. The minimum absolute atomic E-state index is 0.297. The summed E-state index contributed by atoms with van der Waals surface area (Å²) < 4.78 is 34.3. The van der Waals surface area contributed by atoms with E-state index in [1.54, 1.807) is 0 Å². The molecule has 0 atom stereocenters. The van der Waals surface area contributed by atoms with Crippen LogP contribution in [0.15, 0.2) is 0 Å². The minimum atomic E-state index is -4.69. The van der Waals surface area contributed by atoms with Crippen molar-refractivity contribution in [3.05, 3.63) is 0 Å². The van der Waals surface area contributed by atoms with Crippen LogP contribution in [-0.2, 0) is 4.79 Å². The Hall–Kier alpha value is -0.190. The molecule has 0 rings (SSSR count). The molecule has 0 N–H and O–H groups in total. The summed E-state index contributed by atoms with van der Waals surface area (Å²) in [5.74, 6) is 0. The Morgan fingerprint density at radius 3 is 1.90 bits per heavy atom. The fourth-order valence-electron chi connectivity index (χ4n) is 0.281. The van der Waals surface area contributed by atoms with E-state index < -0.39 is 11.3 Å². The fraction of sp³-hybridized carbons (Fsp3) is 0.800. The number of halogens is 3. The molecule has 0 aliphatic carbocycles. The third kappa shape index (κ3) is 3.76. The Morgan fingerprint density at radius 1 is 1.40 bits per heavy atom. The lowest BCUT2D eigenvalue weighted by Gasteiger charge is -2.05. The second-order valence-electron chi connectivity index (χ2n) is 1.95. The molecule has 5 heteroatoms. The zero-order chi connectivity index (χ0) is 8.36. The molecule has 0 aliphatic rings. The van der Waals surface area contributed by atoms with Gasteiger partial charge in [0.2, 0.25) is 0 Å². The van der Waals surface area contributed by atoms with Crippen molar-refractivity contribution in [2.24, 2.45) is 0 Å². The molecule has 0 aromatic carbocycles. The second-order valence-corrected chi connectivity index (χ2v) is 3.50. The molecule has 0 saturated carbocycles. The van der Waals surface area contributed by atoms with Crippen molar-refractivity contribution in [2.45, 2.75) is 25.3 Å². The molecule has 10 heavy (non-hydrogen) atoms. The molecule has 0 fully saturated rings. The van der Waals surface area contributed by atoms with Crippen LogP contribution < -0.4 is 0 Å². The van der Waals surface area contributed by atoms with Gasteiger partial charge in [-0.25, -0.2) is 0 Å². The van der Waals surface area contributed by atoms with Gasteiger partial charge in [-0.15, -0.1) is 0 Å². The molecular weight excluding hydrogens is 165 g/mol. The number of hydrogen-bond acceptors (Lipinski definition) is 2. The highest BCUT2D eigenvalue weighted by atomic mass is 32.2. The average Bonchev–Trinajstić information content (AvgIpc) is 1.60. The highest BCUT2D eigenvalue weighted by Gasteiger charge is 2.38. The standard InChI is InChI=1S/C5H7F3OS/c1-3(2)10-4(9)5(6,7)8/h3H,1-2H3. The van der Waals surface area contributed by atoms with E-state index in [-0.39, 0.29) is 5.25 Å². The van der Waals surface area contributed by atoms with Gasteiger partial charge in [-0.2, -0.15) is 13.2 Å². The van der Waals surface area contributed by atoms with Gasteiger partial charge in [-0.3, -0.25) is 4.79 Å². The highest BCUT2D eigenvalue weighted by molar-refractivity contribution is 8.14. The fourth-order valence-corrected chi connectivity index (χ4v) is 0.843. The summed E-state index contributed by atoms with van der Waals surface area (Å²) in [6.07, 6.45) is -4.69. The van der Waals surface area contributed by atoms with E-state index in [0.717, 1.165) is 0 Å². The second kappa shape index (κ2) is 3.27. The zero-order valence-corrected chi connectivity index (χ0v) is 6.34. The smallest absolute Gasteiger partial charge is 0.277 e. The molecule has 0 heterocycles. The van der Waals surface area contributed by atoms with Gasteiger partial charge in [0, 0.05) is 5.25 Å². The van der Waals surface area contributed by atoms with Crippen molar-refractivity contribution < 1.29 is 18.0 Å². The molecule has 0 unspecified atom stereocenters. The quantitative estimate of drug-likeness (QED) is 0.603. The Bertz CT molecular complexity index is 129. The van der Waals surface area contributed by atoms with Gasteiger partial charge >= 0.3 is 6.18 Å². The van der Waals surface area contributed by atoms with Crippen molar-refractivity contribution in [2.75, 3.05) is 0 Å². The van der Waals surface area contributed by atoms with Gasteiger partial charge in [-0.05, 0) is 0 Å². The van der Waals surface area contributed by atoms with Crippen LogP contribution in [-0.4, -0.2) is 16.5 Å². The summed E-state index contributed by atoms with van der Waals surface area (Å²) in [6, 6.07) is 0. The maximum Gasteiger partial charge on any atom is 0.460 e. The van der Waals surface area contributed by atoms with E-state index in [1.165, 1.54) is 13.8 Å². The Labute approximate surface area is 61.0 Å². The summed E-state index contributed by atoms with van der Waals surface area (Å²) in [5, 5.41) is -2.03. The highest BCUT2D eigenvalue weighted by Crippen LogP contribution is 2.25. The van der Waals surface area contributed by atoms with Crippen LogP contribution in [0.2, 0.25) is 0 Å². The van der Waals surface area contributed by atoms with Crippen LogP contribution >= 0.6 is 11.8 Å². The van der Waals surface area contributed by atoms with E-state index in [9.17, 15) is 18.0 Å². The van der Waals surface area contributed by atoms with Crippen molar-refractivity contribution >= 4 is 16.9 Å². The number of hydrogen-bond donors (Lipinski definition) is 0. The molecule has 0 amide bonds. The first-order valence-corrected chi connectivity index (χ1v) is 3.50. The summed E-state index contributed by atoms with van der Waals surface area (Å²) >= 11 is 0.297. The molecule has 0 radical (unpaired) electrons. The largest absolute Gasteiger partial charge is 0.460 e. The summed E-state index contributed by atoms with van der Waals surface area (Å²) in [4.78, 5) is 10.1. The molecule has 0 aromatic rings. The van der Waals surface area contributed by atoms with Gasteiger partial charge in [0.25, 0.3) is 5.12 Å². The van der Waals surface area contributed by atoms with Crippen LogP contribution in [0.4, 0.5) is 13.2 Å². The van der Waals surface area contributed by atoms with Crippen molar-refractivity contribution in [3.8, 4) is 0 Å². The maximum atomic E-state index is 11.4. The summed E-state index contributed by atoms with van der Waals surface area (Å²) in [7, 11) is 0. The van der Waals surface area contributed by atoms with E-state index in [0.29, 0.717) is 11.8 Å². The molecule has 0 spiro atoms. The summed E-state index contributed by atoms with van der Waals surface area (Å²) in [6.45, 7) is 3.07. The Kier molecular flexibility index (Phi) is 3.21. The molecule has 0 saturated heterocycles. The Morgan fingerprint density at radius 2 is 1.80 bits per heavy atom. The lowest BCUT2D eigenvalue weighted by atomic mass is 10.6. The van der Waals surface area contributed by atoms with Crippen LogP contribution in [0.25, 0.3) is 0 Å². The topological polar surface area (TPSA) is 17.1 Å². The van der Waals surface area contributed by atoms with Gasteiger partial charge in [0.1, 0.15) is 0 Å². The SMILES string of the molecule is CC(C)SC(=O)C(F)(F)F. The zero-order valence-electron chi connectivity index (χ0n) is 5.53. The third-order valence-corrected chi connectivity index (χ3v) is 1.49. The number of carbonyl (C=O) groups is 1. The lowest BCUT2D eigenvalue weighted by Crippen LogP contribution is -2.20. The van der Waals surface area contributed by atoms with Gasteiger partial charge in [0.05, 0.1) is 0 Å². The van der Waals surface area contributed by atoms with Crippen molar-refractivity contribution in [3.63, 3.8) is 0 Å². The van der Waals surface area contributed by atoms with Gasteiger partial charge < -0.3 is 0 Å². The molecule has 0 aromatic heterocycles. The van der Waals surface area contributed by atoms with E-state index >= 15 is 0 Å². The average molecular weight is 172 g/mol. The van der Waals surface area contributed by atoms with Gasteiger partial charge in [-0.1, -0.05) is 25.6 Å². The first-order chi connectivity index (χ1) is 4.34. The van der Waals surface area contributed by atoms with Crippen molar-refractivity contribution in [1.29, 1.82) is 0 Å². The van der Waals surface area contributed by atoms with E-state index in [1.807, 2.05) is 0 Å². The third-order valence-electron chi connectivity index (χ3n) is 0.574. The molecule has 1 nitrogen and oxygen atoms in total. The van der Waals surface area contributed by atoms with E-state index in [4.69, 9.17) is 0 Å². The lowest BCUT2D eigenvalue weighted by molar-refractivity contribution is -0.160. The predicted molar refractivity (Wildman–Crippen MR) is 33.8 cm³/mol. The van der Waals surface area contributed by atoms with Crippen LogP contribution in [0.5, 0.6) is 0 Å². The first-order valence-electron chi connectivity index (χ1n) is 2.62. The maximum absolute atomic E-state index is 11.4. The van der Waals surface area contributed by atoms with E-state index in [2.05, 4.69) is 0 Å². The summed E-state index contributed by atoms with van der Waals surface area (Å²) in [5.41, 5.74) is 0. The van der Waals surface area contributed by atoms with Crippen molar-refractivity contribution in [1.82, 2.24) is 0 Å². The monoisotopic (exact) mass is 172 g/mol. The van der Waals surface area contributed by atoms with Crippen LogP contribution in [0.1, 0.15) is 13.8 Å². The molecule has 0 bridgehead atoms. The van der Waals surface area contributed by atoms with Gasteiger partial charge in [0.15, 0.2) is 0 Å². The first kappa shape index (κ1) is 9.81. The number of alkyl halides is 3. The predicted octanol–water partition coefficient (Wildman–Crippen LogP) is 2.22. The van der Waals surface area contributed by atoms with Crippen LogP contribution in [0.3, 0.4) is 0 Å². The number of thioether (sulfide) groups is 1. The molecule has 60 valence electrons.